The van der Waals surface area contributed by atoms with Crippen LogP contribution in [0.1, 0.15) is 30.9 Å². The third-order valence-corrected chi connectivity index (χ3v) is 2.63. The first kappa shape index (κ1) is 12.7. The molecule has 0 aliphatic heterocycles. The van der Waals surface area contributed by atoms with Crippen LogP contribution in [0, 0.1) is 11.3 Å². The molecule has 2 N–H and O–H groups in total. The van der Waals surface area contributed by atoms with Gasteiger partial charge in [0.15, 0.2) is 0 Å². The van der Waals surface area contributed by atoms with E-state index in [9.17, 15) is 0 Å². The van der Waals surface area contributed by atoms with Crippen LogP contribution in [0.2, 0.25) is 0 Å². The molecule has 0 saturated heterocycles. The number of nitriles is 1. The summed E-state index contributed by atoms with van der Waals surface area (Å²) in [6.07, 6.45) is 1.51. The third kappa shape index (κ3) is 4.01. The zero-order chi connectivity index (χ0) is 11.8. The minimum absolute atomic E-state index is 0.0831. The van der Waals surface area contributed by atoms with Gasteiger partial charge in [-0.2, -0.15) is 5.26 Å². The SMILES string of the molecule is CCC(CC#N)NCc1ccc(CO)cc1. The number of nitrogens with one attached hydrogen (secondary N) is 1. The topological polar surface area (TPSA) is 56.0 Å². The Morgan fingerprint density at radius 1 is 1.31 bits per heavy atom. The average molecular weight is 218 g/mol. The quantitative estimate of drug-likeness (QED) is 0.767. The molecule has 16 heavy (non-hydrogen) atoms. The Labute approximate surface area is 96.7 Å². The van der Waals surface area contributed by atoms with Crippen LogP contribution in [-0.2, 0) is 13.2 Å². The van der Waals surface area contributed by atoms with Gasteiger partial charge in [0, 0.05) is 12.6 Å². The van der Waals surface area contributed by atoms with E-state index in [1.165, 1.54) is 5.56 Å². The van der Waals surface area contributed by atoms with E-state index in [0.717, 1.165) is 18.5 Å². The maximum atomic E-state index is 8.90. The Hall–Kier alpha value is -1.37. The summed E-state index contributed by atoms with van der Waals surface area (Å²) in [5.41, 5.74) is 2.10. The molecule has 0 aliphatic rings. The van der Waals surface area contributed by atoms with Crippen LogP contribution in [0.15, 0.2) is 24.3 Å². The molecule has 1 aromatic rings. The molecule has 1 rings (SSSR count). The molecule has 0 amide bonds. The molecule has 0 aliphatic carbocycles. The number of nitrogens with zero attached hydrogens (tertiary/aromatic N) is 1. The Bertz CT molecular complexity index is 340. The van der Waals surface area contributed by atoms with Crippen molar-refractivity contribution in [2.24, 2.45) is 0 Å². The van der Waals surface area contributed by atoms with Gasteiger partial charge in [0.25, 0.3) is 0 Å². The molecule has 0 fully saturated rings. The van der Waals surface area contributed by atoms with Gasteiger partial charge in [0.05, 0.1) is 19.1 Å². The van der Waals surface area contributed by atoms with E-state index in [1.54, 1.807) is 0 Å². The number of rotatable bonds is 6. The molecule has 1 aromatic carbocycles. The number of aliphatic hydroxyl groups excluding tert-OH is 1. The van der Waals surface area contributed by atoms with Crippen molar-refractivity contribution < 1.29 is 5.11 Å². The lowest BCUT2D eigenvalue weighted by atomic mass is 10.1. The van der Waals surface area contributed by atoms with Crippen LogP contribution >= 0.6 is 0 Å². The van der Waals surface area contributed by atoms with E-state index in [0.29, 0.717) is 6.42 Å². The lowest BCUT2D eigenvalue weighted by Crippen LogP contribution is -2.27. The first-order valence-corrected chi connectivity index (χ1v) is 5.59. The molecular formula is C13H18N2O. The predicted molar refractivity (Wildman–Crippen MR) is 63.5 cm³/mol. The van der Waals surface area contributed by atoms with Crippen molar-refractivity contribution in [3.63, 3.8) is 0 Å². The summed E-state index contributed by atoms with van der Waals surface area (Å²) < 4.78 is 0. The highest BCUT2D eigenvalue weighted by Gasteiger charge is 2.04. The standard InChI is InChI=1S/C13H18N2O/c1-2-13(7-8-14)15-9-11-3-5-12(10-16)6-4-11/h3-6,13,15-16H,2,7,9-10H2,1H3. The second-order valence-electron chi connectivity index (χ2n) is 3.82. The second-order valence-corrected chi connectivity index (χ2v) is 3.82. The molecule has 3 heteroatoms. The first-order chi connectivity index (χ1) is 7.80. The lowest BCUT2D eigenvalue weighted by Gasteiger charge is -2.13. The third-order valence-electron chi connectivity index (χ3n) is 2.63. The van der Waals surface area contributed by atoms with E-state index >= 15 is 0 Å². The van der Waals surface area contributed by atoms with Gasteiger partial charge in [-0.15, -0.1) is 0 Å². The van der Waals surface area contributed by atoms with Crippen molar-refractivity contribution in [2.45, 2.75) is 39.0 Å². The summed E-state index contributed by atoms with van der Waals surface area (Å²) >= 11 is 0. The normalized spacial score (nSPS) is 12.1. The summed E-state index contributed by atoms with van der Waals surface area (Å²) in [6, 6.07) is 10.3. The van der Waals surface area contributed by atoms with E-state index in [-0.39, 0.29) is 12.6 Å². The van der Waals surface area contributed by atoms with Crippen LogP contribution in [0.25, 0.3) is 0 Å². The second kappa shape index (κ2) is 7.00. The fraction of sp³-hybridized carbons (Fsp3) is 0.462. The zero-order valence-electron chi connectivity index (χ0n) is 9.61. The Morgan fingerprint density at radius 2 is 1.94 bits per heavy atom. The number of hydrogen-bond donors (Lipinski definition) is 2. The predicted octanol–water partition coefficient (Wildman–Crippen LogP) is 1.96. The van der Waals surface area contributed by atoms with Crippen molar-refractivity contribution in [3.8, 4) is 6.07 Å². The zero-order valence-corrected chi connectivity index (χ0v) is 9.61. The molecule has 0 saturated carbocycles. The monoisotopic (exact) mass is 218 g/mol. The first-order valence-electron chi connectivity index (χ1n) is 5.59. The van der Waals surface area contributed by atoms with Gasteiger partial charge in [-0.25, -0.2) is 0 Å². The molecule has 0 radical (unpaired) electrons. The average Bonchev–Trinajstić information content (AvgIpc) is 2.35. The molecule has 0 heterocycles. The fourth-order valence-corrected chi connectivity index (χ4v) is 1.50. The number of hydrogen-bond acceptors (Lipinski definition) is 3. The van der Waals surface area contributed by atoms with Crippen LogP contribution < -0.4 is 5.32 Å². The van der Waals surface area contributed by atoms with Gasteiger partial charge in [0.1, 0.15) is 0 Å². The highest BCUT2D eigenvalue weighted by atomic mass is 16.3. The van der Waals surface area contributed by atoms with E-state index in [4.69, 9.17) is 10.4 Å². The van der Waals surface area contributed by atoms with Gasteiger partial charge in [-0.05, 0) is 17.5 Å². The van der Waals surface area contributed by atoms with Crippen molar-refractivity contribution in [1.29, 1.82) is 5.26 Å². The molecular weight excluding hydrogens is 200 g/mol. The largest absolute Gasteiger partial charge is 0.392 e. The van der Waals surface area contributed by atoms with E-state index in [2.05, 4.69) is 18.3 Å². The Morgan fingerprint density at radius 3 is 2.44 bits per heavy atom. The van der Waals surface area contributed by atoms with Gasteiger partial charge in [0.2, 0.25) is 0 Å². The summed E-state index contributed by atoms with van der Waals surface area (Å²) in [6.45, 7) is 2.93. The highest BCUT2D eigenvalue weighted by Crippen LogP contribution is 2.05. The molecule has 3 nitrogen and oxygen atoms in total. The van der Waals surface area contributed by atoms with Crippen LogP contribution in [0.3, 0.4) is 0 Å². The van der Waals surface area contributed by atoms with Crippen LogP contribution in [0.5, 0.6) is 0 Å². The van der Waals surface area contributed by atoms with Gasteiger partial charge in [-0.1, -0.05) is 31.2 Å². The van der Waals surface area contributed by atoms with E-state index in [1.807, 2.05) is 24.3 Å². The van der Waals surface area contributed by atoms with Crippen LogP contribution in [-0.4, -0.2) is 11.1 Å². The molecule has 0 spiro atoms. The number of aliphatic hydroxyl groups is 1. The molecule has 86 valence electrons. The van der Waals surface area contributed by atoms with Gasteiger partial charge in [-0.3, -0.25) is 0 Å². The summed E-state index contributed by atoms with van der Waals surface area (Å²) in [5.74, 6) is 0. The van der Waals surface area contributed by atoms with Crippen molar-refractivity contribution >= 4 is 0 Å². The maximum Gasteiger partial charge on any atom is 0.0681 e. The summed E-state index contributed by atoms with van der Waals surface area (Å²) in [7, 11) is 0. The minimum atomic E-state index is 0.0831. The molecule has 1 atom stereocenters. The van der Waals surface area contributed by atoms with Crippen molar-refractivity contribution in [1.82, 2.24) is 5.32 Å². The molecule has 0 bridgehead atoms. The van der Waals surface area contributed by atoms with Gasteiger partial charge < -0.3 is 10.4 Å². The fourth-order valence-electron chi connectivity index (χ4n) is 1.50. The molecule has 0 aromatic heterocycles. The Balaban J connectivity index is 2.44. The maximum absolute atomic E-state index is 8.90. The van der Waals surface area contributed by atoms with Crippen molar-refractivity contribution in [2.75, 3.05) is 0 Å². The smallest absolute Gasteiger partial charge is 0.0681 e. The number of benzene rings is 1. The van der Waals surface area contributed by atoms with Crippen molar-refractivity contribution in [3.05, 3.63) is 35.4 Å². The minimum Gasteiger partial charge on any atom is -0.392 e. The van der Waals surface area contributed by atoms with Gasteiger partial charge >= 0.3 is 0 Å². The molecule has 1 unspecified atom stereocenters. The summed E-state index contributed by atoms with van der Waals surface area (Å²) in [5, 5.41) is 20.9. The lowest BCUT2D eigenvalue weighted by molar-refractivity contribution is 0.282. The Kier molecular flexibility index (Phi) is 5.55. The highest BCUT2D eigenvalue weighted by molar-refractivity contribution is 5.21. The van der Waals surface area contributed by atoms with E-state index < -0.39 is 0 Å². The summed E-state index contributed by atoms with van der Waals surface area (Å²) in [4.78, 5) is 0. The van der Waals surface area contributed by atoms with Crippen LogP contribution in [0.4, 0.5) is 0 Å².